The van der Waals surface area contributed by atoms with Gasteiger partial charge in [-0.25, -0.2) is 9.67 Å². The summed E-state index contributed by atoms with van der Waals surface area (Å²) in [7, 11) is 1.58. The minimum Gasteiger partial charge on any atom is -0.495 e. The average Bonchev–Trinajstić information content (AvgIpc) is 3.35. The Morgan fingerprint density at radius 3 is 2.74 bits per heavy atom. The van der Waals surface area contributed by atoms with Crippen molar-refractivity contribution in [1.29, 1.82) is 0 Å². The quantitative estimate of drug-likeness (QED) is 0.277. The van der Waals surface area contributed by atoms with Crippen molar-refractivity contribution >= 4 is 45.2 Å². The second-order valence-corrected chi connectivity index (χ2v) is 10.4. The number of halogens is 1. The van der Waals surface area contributed by atoms with E-state index in [1.165, 1.54) is 0 Å². The summed E-state index contributed by atoms with van der Waals surface area (Å²) in [5.74, 6) is 0.404. The second-order valence-electron chi connectivity index (χ2n) is 9.98. The number of nitrogens with zero attached hydrogens (tertiary/aromatic N) is 5. The molecule has 200 valence electrons. The fourth-order valence-corrected chi connectivity index (χ4v) is 5.84. The number of anilines is 1. The van der Waals surface area contributed by atoms with E-state index >= 15 is 0 Å². The molecule has 0 bridgehead atoms. The Morgan fingerprint density at radius 2 is 2.05 bits per heavy atom. The molecule has 0 unspecified atom stereocenters. The summed E-state index contributed by atoms with van der Waals surface area (Å²) in [6.07, 6.45) is 7.32. The number of carboxylic acid groups (broad SMARTS) is 1. The number of benzene rings is 1. The Balaban J connectivity index is 1.62. The van der Waals surface area contributed by atoms with Crippen molar-refractivity contribution in [2.24, 2.45) is 5.73 Å². The summed E-state index contributed by atoms with van der Waals surface area (Å²) in [4.78, 5) is 16.3. The number of rotatable bonds is 9. The van der Waals surface area contributed by atoms with Gasteiger partial charge in [-0.3, -0.25) is 4.79 Å². The van der Waals surface area contributed by atoms with Crippen molar-refractivity contribution in [2.75, 3.05) is 12.4 Å². The molecule has 3 heterocycles. The van der Waals surface area contributed by atoms with Gasteiger partial charge in [0.05, 0.1) is 29.4 Å². The highest BCUT2D eigenvalue weighted by molar-refractivity contribution is 6.32. The van der Waals surface area contributed by atoms with Crippen LogP contribution < -0.4 is 15.8 Å². The Kier molecular flexibility index (Phi) is 7.36. The van der Waals surface area contributed by atoms with Crippen molar-refractivity contribution in [3.05, 3.63) is 46.9 Å². The first-order valence-electron chi connectivity index (χ1n) is 12.9. The number of hydrogen-bond donors (Lipinski definition) is 3. The van der Waals surface area contributed by atoms with E-state index < -0.39 is 11.4 Å². The van der Waals surface area contributed by atoms with Gasteiger partial charge in [-0.1, -0.05) is 17.7 Å². The minimum atomic E-state index is -0.822. The molecule has 0 spiro atoms. The third-order valence-electron chi connectivity index (χ3n) is 7.69. The summed E-state index contributed by atoms with van der Waals surface area (Å²) in [5, 5.41) is 30.0. The summed E-state index contributed by atoms with van der Waals surface area (Å²) in [6.45, 7) is 3.17. The van der Waals surface area contributed by atoms with Gasteiger partial charge in [-0.15, -0.1) is 5.10 Å². The first-order chi connectivity index (χ1) is 18.3. The highest BCUT2D eigenvalue weighted by atomic mass is 35.5. The molecule has 0 saturated heterocycles. The number of nitrogens with two attached hydrogens (primary N) is 1. The van der Waals surface area contributed by atoms with Crippen LogP contribution in [0.5, 0.6) is 5.75 Å². The molecule has 1 saturated carbocycles. The van der Waals surface area contributed by atoms with Crippen LogP contribution in [0.4, 0.5) is 5.82 Å². The number of ether oxygens (including phenoxy) is 1. The van der Waals surface area contributed by atoms with Gasteiger partial charge in [-0.2, -0.15) is 10.2 Å². The molecule has 10 nitrogen and oxygen atoms in total. The summed E-state index contributed by atoms with van der Waals surface area (Å²) in [6, 6.07) is 5.74. The highest BCUT2D eigenvalue weighted by Gasteiger charge is 2.39. The Hall–Kier alpha value is -3.50. The molecule has 0 atom stereocenters. The van der Waals surface area contributed by atoms with E-state index in [1.807, 2.05) is 42.2 Å². The van der Waals surface area contributed by atoms with Crippen LogP contribution >= 0.6 is 11.6 Å². The fraction of sp³-hybridized carbons (Fsp3) is 0.444. The summed E-state index contributed by atoms with van der Waals surface area (Å²) < 4.78 is 7.12. The lowest BCUT2D eigenvalue weighted by molar-refractivity contribution is -0.137. The Bertz CT molecular complexity index is 1480. The summed E-state index contributed by atoms with van der Waals surface area (Å²) >= 11 is 6.34. The number of aromatic nitrogens is 5. The predicted octanol–water partition coefficient (Wildman–Crippen LogP) is 4.67. The zero-order valence-electron chi connectivity index (χ0n) is 21.6. The van der Waals surface area contributed by atoms with E-state index in [9.17, 15) is 9.90 Å². The van der Waals surface area contributed by atoms with Gasteiger partial charge < -0.3 is 20.9 Å². The van der Waals surface area contributed by atoms with Gasteiger partial charge in [-0.05, 0) is 56.7 Å². The average molecular weight is 538 g/mol. The van der Waals surface area contributed by atoms with Crippen LogP contribution in [0.15, 0.2) is 30.6 Å². The molecule has 0 amide bonds. The number of aliphatic carboxylic acids is 1. The molecule has 11 heteroatoms. The molecule has 3 aromatic heterocycles. The molecule has 1 aliphatic carbocycles. The van der Waals surface area contributed by atoms with Gasteiger partial charge in [0, 0.05) is 47.9 Å². The zero-order valence-corrected chi connectivity index (χ0v) is 22.3. The van der Waals surface area contributed by atoms with Crippen LogP contribution in [0.3, 0.4) is 0 Å². The van der Waals surface area contributed by atoms with Gasteiger partial charge in [0.15, 0.2) is 11.5 Å². The van der Waals surface area contributed by atoms with E-state index in [-0.39, 0.29) is 12.5 Å². The zero-order chi connectivity index (χ0) is 26.9. The van der Waals surface area contributed by atoms with E-state index in [0.29, 0.717) is 36.1 Å². The van der Waals surface area contributed by atoms with Crippen molar-refractivity contribution < 1.29 is 14.6 Å². The van der Waals surface area contributed by atoms with Crippen molar-refractivity contribution in [3.63, 3.8) is 0 Å². The molecule has 0 aliphatic heterocycles. The van der Waals surface area contributed by atoms with E-state index in [1.54, 1.807) is 7.11 Å². The molecule has 1 aromatic carbocycles. The lowest BCUT2D eigenvalue weighted by Crippen LogP contribution is -2.38. The third kappa shape index (κ3) is 4.86. The van der Waals surface area contributed by atoms with Crippen LogP contribution in [0, 0.1) is 0 Å². The Labute approximate surface area is 225 Å². The van der Waals surface area contributed by atoms with Crippen molar-refractivity contribution in [3.8, 4) is 5.75 Å². The van der Waals surface area contributed by atoms with E-state index in [4.69, 9.17) is 32.2 Å². The first-order valence-corrected chi connectivity index (χ1v) is 13.3. The highest BCUT2D eigenvalue weighted by Crippen LogP contribution is 2.45. The lowest BCUT2D eigenvalue weighted by atomic mass is 9.67. The second kappa shape index (κ2) is 10.7. The lowest BCUT2D eigenvalue weighted by Gasteiger charge is -2.39. The maximum Gasteiger partial charge on any atom is 0.303 e. The van der Waals surface area contributed by atoms with Gasteiger partial charge in [0.25, 0.3) is 0 Å². The molecule has 1 fully saturated rings. The van der Waals surface area contributed by atoms with Gasteiger partial charge in [0.1, 0.15) is 5.75 Å². The van der Waals surface area contributed by atoms with Crippen molar-refractivity contribution in [1.82, 2.24) is 25.0 Å². The topological polar surface area (TPSA) is 141 Å². The monoisotopic (exact) mass is 537 g/mol. The normalized spacial score (nSPS) is 19.6. The molecule has 38 heavy (non-hydrogen) atoms. The number of pyridine rings is 1. The van der Waals surface area contributed by atoms with Gasteiger partial charge >= 0.3 is 5.97 Å². The predicted molar refractivity (Wildman–Crippen MR) is 147 cm³/mol. The summed E-state index contributed by atoms with van der Waals surface area (Å²) in [5.41, 5.74) is 8.32. The van der Waals surface area contributed by atoms with Crippen LogP contribution in [-0.4, -0.2) is 49.2 Å². The van der Waals surface area contributed by atoms with Crippen LogP contribution in [-0.2, 0) is 23.3 Å². The number of methoxy groups -OCH3 is 1. The van der Waals surface area contributed by atoms with Crippen LogP contribution in [0.2, 0.25) is 5.02 Å². The molecule has 0 radical (unpaired) electrons. The molecule has 4 aromatic rings. The minimum absolute atomic E-state index is 0.0556. The van der Waals surface area contributed by atoms with Crippen LogP contribution in [0.25, 0.3) is 21.8 Å². The molecule has 5 rings (SSSR count). The van der Waals surface area contributed by atoms with Crippen molar-refractivity contribution in [2.45, 2.75) is 70.0 Å². The van der Waals surface area contributed by atoms with Crippen LogP contribution in [0.1, 0.15) is 56.7 Å². The van der Waals surface area contributed by atoms with E-state index in [0.717, 1.165) is 58.7 Å². The number of aryl methyl sites for hydroxylation is 1. The third-order valence-corrected chi connectivity index (χ3v) is 7.99. The number of nitrogens with one attached hydrogen (secondary N) is 1. The molecule has 4 N–H and O–H groups in total. The number of fused-ring (bicyclic) bond motifs is 3. The molecular formula is C27H32ClN7O3. The molecule has 1 aliphatic rings. The maximum atomic E-state index is 11.6. The fourth-order valence-electron chi connectivity index (χ4n) is 5.56. The first kappa shape index (κ1) is 26.1. The maximum absolute atomic E-state index is 11.6. The number of hydrogen-bond acceptors (Lipinski definition) is 8. The van der Waals surface area contributed by atoms with E-state index in [2.05, 4.69) is 15.5 Å². The Morgan fingerprint density at radius 1 is 1.26 bits per heavy atom. The standard InChI is InChI=1S/C27H32ClN7O3/c1-3-35-26-19(15-32-35)23-18(14-31-26)24(27(11-8-22(36)37)9-6-17(29)7-10-27)33-34-25(23)30-13-16-4-5-21(38-2)20(28)12-16/h4-5,12,14-15,17H,3,6-11,13,29H2,1-2H3,(H,30,34)(H,36,37). The smallest absolute Gasteiger partial charge is 0.303 e. The number of carbonyl (C=O) groups is 1. The van der Waals surface area contributed by atoms with Gasteiger partial charge in [0.2, 0.25) is 0 Å². The molecular weight excluding hydrogens is 506 g/mol. The number of carboxylic acids is 1. The SMILES string of the molecule is CCn1ncc2c3c(NCc4ccc(OC)c(Cl)c4)nnc(C4(CCC(=O)O)CCC(N)CC4)c3cnc21. The largest absolute Gasteiger partial charge is 0.495 e.